The summed E-state index contributed by atoms with van der Waals surface area (Å²) in [4.78, 5) is 2.50. The van der Waals surface area contributed by atoms with E-state index in [0.717, 1.165) is 35.8 Å². The largest absolute Gasteiger partial charge is 0.497 e. The summed E-state index contributed by atoms with van der Waals surface area (Å²) >= 11 is 3.68. The molecule has 1 saturated carbocycles. The first kappa shape index (κ1) is 13.3. The van der Waals surface area contributed by atoms with Gasteiger partial charge in [0.1, 0.15) is 5.75 Å². The van der Waals surface area contributed by atoms with Crippen LogP contribution in [-0.4, -0.2) is 32.8 Å². The van der Waals surface area contributed by atoms with Crippen molar-refractivity contribution in [2.75, 3.05) is 31.6 Å². The first-order valence-electron chi connectivity index (χ1n) is 7.10. The molecule has 2 fully saturated rings. The molecular formula is C15H21BrN2O. The summed E-state index contributed by atoms with van der Waals surface area (Å²) in [5.74, 6) is 1.82. The van der Waals surface area contributed by atoms with E-state index < -0.39 is 0 Å². The first-order chi connectivity index (χ1) is 9.28. The molecule has 1 N–H and O–H groups in total. The van der Waals surface area contributed by atoms with E-state index in [-0.39, 0.29) is 0 Å². The zero-order chi connectivity index (χ0) is 13.2. The Morgan fingerprint density at radius 1 is 1.37 bits per heavy atom. The van der Waals surface area contributed by atoms with Gasteiger partial charge in [-0.15, -0.1) is 0 Å². The highest BCUT2D eigenvalue weighted by Crippen LogP contribution is 2.36. The van der Waals surface area contributed by atoms with Crippen LogP contribution in [0.5, 0.6) is 5.75 Å². The van der Waals surface area contributed by atoms with Crippen molar-refractivity contribution in [1.29, 1.82) is 0 Å². The van der Waals surface area contributed by atoms with Gasteiger partial charge in [-0.25, -0.2) is 0 Å². The number of halogens is 1. The van der Waals surface area contributed by atoms with Crippen molar-refractivity contribution >= 4 is 21.6 Å². The minimum atomic E-state index is 0.653. The highest BCUT2D eigenvalue weighted by atomic mass is 79.9. The Morgan fingerprint density at radius 2 is 2.21 bits per heavy atom. The second-order valence-electron chi connectivity index (χ2n) is 5.51. The van der Waals surface area contributed by atoms with E-state index in [4.69, 9.17) is 4.74 Å². The summed E-state index contributed by atoms with van der Waals surface area (Å²) in [7, 11) is 1.73. The summed E-state index contributed by atoms with van der Waals surface area (Å²) < 4.78 is 6.51. The van der Waals surface area contributed by atoms with Crippen LogP contribution < -0.4 is 15.0 Å². The molecule has 19 heavy (non-hydrogen) atoms. The summed E-state index contributed by atoms with van der Waals surface area (Å²) in [6.07, 6.45) is 3.99. The van der Waals surface area contributed by atoms with Crippen LogP contribution in [0.2, 0.25) is 0 Å². The van der Waals surface area contributed by atoms with Crippen molar-refractivity contribution in [2.24, 2.45) is 5.92 Å². The predicted octanol–water partition coefficient (Wildman–Crippen LogP) is 3.04. The normalized spacial score (nSPS) is 24.1. The lowest BCUT2D eigenvalue weighted by Crippen LogP contribution is -2.39. The Bertz CT molecular complexity index is 448. The molecule has 2 aliphatic rings. The topological polar surface area (TPSA) is 24.5 Å². The molecule has 0 aromatic heterocycles. The van der Waals surface area contributed by atoms with Crippen LogP contribution >= 0.6 is 15.9 Å². The Morgan fingerprint density at radius 3 is 2.95 bits per heavy atom. The summed E-state index contributed by atoms with van der Waals surface area (Å²) in [6.45, 7) is 3.36. The molecule has 1 saturated heterocycles. The fourth-order valence-electron chi connectivity index (χ4n) is 2.85. The predicted molar refractivity (Wildman–Crippen MR) is 82.0 cm³/mol. The highest BCUT2D eigenvalue weighted by Gasteiger charge is 2.33. The van der Waals surface area contributed by atoms with Gasteiger partial charge in [-0.2, -0.15) is 0 Å². The summed E-state index contributed by atoms with van der Waals surface area (Å²) in [5, 5.41) is 3.70. The third-order valence-electron chi connectivity index (χ3n) is 4.11. The molecule has 3 nitrogen and oxygen atoms in total. The molecule has 1 aliphatic carbocycles. The van der Waals surface area contributed by atoms with Crippen molar-refractivity contribution in [2.45, 2.75) is 25.3 Å². The number of hydrogen-bond donors (Lipinski definition) is 1. The van der Waals surface area contributed by atoms with Gasteiger partial charge in [0, 0.05) is 29.7 Å². The number of nitrogens with one attached hydrogen (secondary N) is 1. The van der Waals surface area contributed by atoms with Crippen LogP contribution in [0, 0.1) is 5.92 Å². The quantitative estimate of drug-likeness (QED) is 0.924. The van der Waals surface area contributed by atoms with Crippen LogP contribution in [0.4, 0.5) is 5.69 Å². The lowest BCUT2D eigenvalue weighted by atomic mass is 10.1. The Labute approximate surface area is 123 Å². The minimum Gasteiger partial charge on any atom is -0.497 e. The molecule has 1 aliphatic heterocycles. The number of nitrogens with zero attached hydrogens (tertiary/aromatic N) is 1. The highest BCUT2D eigenvalue weighted by molar-refractivity contribution is 9.10. The lowest BCUT2D eigenvalue weighted by molar-refractivity contribution is 0.414. The third-order valence-corrected chi connectivity index (χ3v) is 4.78. The minimum absolute atomic E-state index is 0.653. The van der Waals surface area contributed by atoms with Crippen molar-refractivity contribution in [1.82, 2.24) is 5.32 Å². The zero-order valence-electron chi connectivity index (χ0n) is 11.4. The van der Waals surface area contributed by atoms with Crippen molar-refractivity contribution in [3.63, 3.8) is 0 Å². The van der Waals surface area contributed by atoms with E-state index in [1.54, 1.807) is 7.11 Å². The van der Waals surface area contributed by atoms with Crippen molar-refractivity contribution in [3.05, 3.63) is 22.7 Å². The molecule has 1 atom stereocenters. The Hall–Kier alpha value is -0.740. The van der Waals surface area contributed by atoms with Gasteiger partial charge in [-0.1, -0.05) is 0 Å². The van der Waals surface area contributed by atoms with E-state index in [2.05, 4.69) is 38.3 Å². The summed E-state index contributed by atoms with van der Waals surface area (Å²) in [5.41, 5.74) is 1.26. The molecule has 1 heterocycles. The monoisotopic (exact) mass is 324 g/mol. The zero-order valence-corrected chi connectivity index (χ0v) is 12.9. The van der Waals surface area contributed by atoms with Crippen LogP contribution in [0.1, 0.15) is 19.3 Å². The third kappa shape index (κ3) is 3.06. The van der Waals surface area contributed by atoms with E-state index in [9.17, 15) is 0 Å². The first-order valence-corrected chi connectivity index (χ1v) is 7.89. The average Bonchev–Trinajstić information content (AvgIpc) is 3.25. The molecule has 0 bridgehead atoms. The average molecular weight is 325 g/mol. The van der Waals surface area contributed by atoms with Gasteiger partial charge in [-0.05, 0) is 59.8 Å². The van der Waals surface area contributed by atoms with E-state index in [1.165, 1.54) is 24.9 Å². The number of methoxy groups -OCH3 is 1. The van der Waals surface area contributed by atoms with Gasteiger partial charge in [0.2, 0.25) is 0 Å². The second-order valence-corrected chi connectivity index (χ2v) is 6.37. The lowest BCUT2D eigenvalue weighted by Gasteiger charge is -2.27. The Balaban J connectivity index is 1.82. The van der Waals surface area contributed by atoms with Crippen LogP contribution in [0.15, 0.2) is 22.7 Å². The van der Waals surface area contributed by atoms with Crippen molar-refractivity contribution < 1.29 is 4.74 Å². The molecule has 0 radical (unpaired) electrons. The van der Waals surface area contributed by atoms with E-state index in [1.807, 2.05) is 6.07 Å². The number of anilines is 1. The smallest absolute Gasteiger partial charge is 0.121 e. The maximum Gasteiger partial charge on any atom is 0.121 e. The van der Waals surface area contributed by atoms with E-state index in [0.29, 0.717) is 6.04 Å². The van der Waals surface area contributed by atoms with Gasteiger partial charge in [0.15, 0.2) is 0 Å². The van der Waals surface area contributed by atoms with Crippen molar-refractivity contribution in [3.8, 4) is 5.75 Å². The molecule has 1 aromatic rings. The maximum absolute atomic E-state index is 5.36. The molecule has 1 aromatic carbocycles. The fraction of sp³-hybridized carbons (Fsp3) is 0.600. The maximum atomic E-state index is 5.36. The molecule has 104 valence electrons. The van der Waals surface area contributed by atoms with Crippen LogP contribution in [0.3, 0.4) is 0 Å². The van der Waals surface area contributed by atoms with Gasteiger partial charge >= 0.3 is 0 Å². The standard InChI is InChI=1S/C15H21BrN2O/c1-19-12-5-6-13(16)15(9-12)18-8-2-7-17-14(10-18)11-3-4-11/h5-6,9,11,14,17H,2-4,7-8,10H2,1H3. The number of rotatable bonds is 3. The number of ether oxygens (including phenoxy) is 1. The number of hydrogen-bond acceptors (Lipinski definition) is 3. The molecule has 4 heteroatoms. The second kappa shape index (κ2) is 5.71. The van der Waals surface area contributed by atoms with Crippen LogP contribution in [-0.2, 0) is 0 Å². The van der Waals surface area contributed by atoms with E-state index >= 15 is 0 Å². The van der Waals surface area contributed by atoms with Gasteiger partial charge in [0.25, 0.3) is 0 Å². The van der Waals surface area contributed by atoms with Gasteiger partial charge < -0.3 is 15.0 Å². The molecular weight excluding hydrogens is 304 g/mol. The number of benzene rings is 1. The fourth-order valence-corrected chi connectivity index (χ4v) is 3.34. The molecule has 3 rings (SSSR count). The molecule has 0 spiro atoms. The van der Waals surface area contributed by atoms with Crippen LogP contribution in [0.25, 0.3) is 0 Å². The summed E-state index contributed by atoms with van der Waals surface area (Å²) in [6, 6.07) is 6.88. The Kier molecular flexibility index (Phi) is 3.99. The SMILES string of the molecule is COc1ccc(Br)c(N2CCCNC(C3CC3)C2)c1. The molecule has 1 unspecified atom stereocenters. The molecule has 0 amide bonds. The van der Waals surface area contributed by atoms with Gasteiger partial charge in [-0.3, -0.25) is 0 Å². The van der Waals surface area contributed by atoms with Gasteiger partial charge in [0.05, 0.1) is 12.8 Å².